The molecule has 0 fully saturated rings. The van der Waals surface area contributed by atoms with Crippen molar-refractivity contribution in [2.24, 2.45) is 0 Å². The van der Waals surface area contributed by atoms with Crippen LogP contribution in [-0.2, 0) is 0 Å². The molecule has 0 amide bonds. The molecule has 0 heterocycles. The van der Waals surface area contributed by atoms with Gasteiger partial charge in [-0.05, 0) is 0 Å². The third-order valence-electron chi connectivity index (χ3n) is 0.469. The van der Waals surface area contributed by atoms with Crippen LogP contribution in [0, 0.1) is 0 Å². The van der Waals surface area contributed by atoms with Crippen molar-refractivity contribution in [1.29, 1.82) is 0 Å². The van der Waals surface area contributed by atoms with E-state index in [0.717, 1.165) is 0 Å². The first-order chi connectivity index (χ1) is 3.41. The molecule has 0 aliphatic rings. The summed E-state index contributed by atoms with van der Waals surface area (Å²) in [6, 6.07) is 0. The summed E-state index contributed by atoms with van der Waals surface area (Å²) in [5.74, 6) is 2.59. The van der Waals surface area contributed by atoms with Gasteiger partial charge in [-0.2, -0.15) is 0 Å². The summed E-state index contributed by atoms with van der Waals surface area (Å²) in [4.78, 5) is 0. The van der Waals surface area contributed by atoms with Crippen LogP contribution in [0.1, 0.15) is 13.8 Å². The predicted octanol–water partition coefficient (Wildman–Crippen LogP) is 2.03. The van der Waals surface area contributed by atoms with E-state index in [2.05, 4.69) is 34.1 Å². The average molecular weight is 149 g/mol. The Kier molecular flexibility index (Phi) is 8.51. The Morgan fingerprint density at radius 3 is 1.86 bits per heavy atom. The average Bonchev–Trinajstić information content (AvgIpc) is 1.69. The molecule has 0 unspecified atom stereocenters. The molecule has 0 radical (unpaired) electrons. The summed E-state index contributed by atoms with van der Waals surface area (Å²) in [6.07, 6.45) is 0. The van der Waals surface area contributed by atoms with E-state index in [4.69, 9.17) is 0 Å². The summed E-state index contributed by atoms with van der Waals surface area (Å²) in [6.45, 7) is 4.43. The van der Waals surface area contributed by atoms with Gasteiger partial charge >= 0.3 is 58.6 Å². The van der Waals surface area contributed by atoms with Gasteiger partial charge in [0.1, 0.15) is 0 Å². The Hall–Kier alpha value is 1.23. The van der Waals surface area contributed by atoms with Crippen molar-refractivity contribution >= 4 is 33.2 Å². The second-order valence-electron chi connectivity index (χ2n) is 1.01. The fraction of sp³-hybridized carbons (Fsp3) is 1.00. The molecule has 40 valence electrons. The van der Waals surface area contributed by atoms with Gasteiger partial charge in [0.2, 0.25) is 0 Å². The van der Waals surface area contributed by atoms with Gasteiger partial charge in [-0.1, -0.05) is 0 Å². The molecular formula is C4H10AlS2+. The Balaban J connectivity index is 2.45. The molecule has 0 rings (SSSR count). The standard InChI is InChI=1S/2C2H6S.Al/c2*1-2-3;/h2*3H,2H2,1H3;/q;;+3/p-2. The summed E-state index contributed by atoms with van der Waals surface area (Å²) in [5.41, 5.74) is 0. The van der Waals surface area contributed by atoms with Crippen LogP contribution in [0.4, 0.5) is 0 Å². The molecule has 0 aromatic carbocycles. The first-order valence-corrected chi connectivity index (χ1v) is 7.39. The molecule has 0 spiro atoms. The van der Waals surface area contributed by atoms with E-state index in [1.54, 1.807) is 0 Å². The van der Waals surface area contributed by atoms with E-state index in [1.165, 1.54) is 11.5 Å². The van der Waals surface area contributed by atoms with Gasteiger partial charge in [0.15, 0.2) is 0 Å². The van der Waals surface area contributed by atoms with Crippen molar-refractivity contribution in [2.75, 3.05) is 11.5 Å². The quantitative estimate of drug-likeness (QED) is 0.443. The monoisotopic (exact) mass is 149 g/mol. The predicted molar refractivity (Wildman–Crippen MR) is 42.0 cm³/mol. The summed E-state index contributed by atoms with van der Waals surface area (Å²) >= 11 is 0.655. The minimum atomic E-state index is 0.655. The van der Waals surface area contributed by atoms with Crippen molar-refractivity contribution in [3.05, 3.63) is 0 Å². The van der Waals surface area contributed by atoms with E-state index in [0.29, 0.717) is 13.0 Å². The number of rotatable bonds is 4. The van der Waals surface area contributed by atoms with Crippen LogP contribution in [0.15, 0.2) is 0 Å². The van der Waals surface area contributed by atoms with Crippen molar-refractivity contribution < 1.29 is 0 Å². The number of hydrogen-bond donors (Lipinski definition) is 0. The van der Waals surface area contributed by atoms with E-state index < -0.39 is 0 Å². The first kappa shape index (κ1) is 8.23. The Bertz CT molecular complexity index is 28.9. The van der Waals surface area contributed by atoms with E-state index in [-0.39, 0.29) is 0 Å². The van der Waals surface area contributed by atoms with Crippen molar-refractivity contribution in [1.82, 2.24) is 0 Å². The van der Waals surface area contributed by atoms with Crippen LogP contribution in [0.3, 0.4) is 0 Å². The third kappa shape index (κ3) is 7.23. The summed E-state index contributed by atoms with van der Waals surface area (Å²) < 4.78 is 0. The van der Waals surface area contributed by atoms with E-state index in [1.807, 2.05) is 0 Å². The molecular weight excluding hydrogens is 139 g/mol. The van der Waals surface area contributed by atoms with E-state index >= 15 is 0 Å². The van der Waals surface area contributed by atoms with Crippen molar-refractivity contribution in [2.45, 2.75) is 13.8 Å². The third-order valence-corrected chi connectivity index (χ3v) is 6.67. The molecule has 0 atom stereocenters. The van der Waals surface area contributed by atoms with Gasteiger partial charge < -0.3 is 0 Å². The van der Waals surface area contributed by atoms with E-state index in [9.17, 15) is 0 Å². The Labute approximate surface area is 58.6 Å². The zero-order valence-electron chi connectivity index (χ0n) is 4.81. The second kappa shape index (κ2) is 7.23. The fourth-order valence-electron chi connectivity index (χ4n) is 0.184. The van der Waals surface area contributed by atoms with Gasteiger partial charge in [0, 0.05) is 0 Å². The maximum atomic E-state index is 2.22. The van der Waals surface area contributed by atoms with Crippen LogP contribution in [0.25, 0.3) is 0 Å². The molecule has 0 saturated carbocycles. The van der Waals surface area contributed by atoms with Gasteiger partial charge in [0.25, 0.3) is 0 Å². The van der Waals surface area contributed by atoms with Gasteiger partial charge in [-0.15, -0.1) is 0 Å². The molecule has 7 heavy (non-hydrogen) atoms. The molecule has 0 nitrogen and oxygen atoms in total. The summed E-state index contributed by atoms with van der Waals surface area (Å²) in [5, 5.41) is 0. The zero-order chi connectivity index (χ0) is 5.54. The topological polar surface area (TPSA) is 0 Å². The molecule has 0 aromatic rings. The van der Waals surface area contributed by atoms with Crippen LogP contribution >= 0.6 is 20.3 Å². The van der Waals surface area contributed by atoms with Crippen LogP contribution < -0.4 is 0 Å². The second-order valence-corrected chi connectivity index (χ2v) is 7.33. The molecule has 0 aliphatic heterocycles. The Morgan fingerprint density at radius 2 is 1.57 bits per heavy atom. The zero-order valence-corrected chi connectivity index (χ0v) is 7.60. The van der Waals surface area contributed by atoms with Crippen molar-refractivity contribution in [3.63, 3.8) is 0 Å². The molecule has 0 saturated heterocycles. The van der Waals surface area contributed by atoms with Gasteiger partial charge in [0.05, 0.1) is 0 Å². The van der Waals surface area contributed by atoms with Crippen LogP contribution in [0.2, 0.25) is 0 Å². The van der Waals surface area contributed by atoms with Crippen molar-refractivity contribution in [3.8, 4) is 0 Å². The van der Waals surface area contributed by atoms with Crippen LogP contribution in [-0.4, -0.2) is 24.5 Å². The fourth-order valence-corrected chi connectivity index (χ4v) is 4.97. The number of hydrogen-bond acceptors (Lipinski definition) is 2. The van der Waals surface area contributed by atoms with Crippen LogP contribution in [0.5, 0.6) is 0 Å². The molecule has 0 N–H and O–H groups in total. The van der Waals surface area contributed by atoms with Gasteiger partial charge in [-0.25, -0.2) is 0 Å². The minimum absolute atomic E-state index is 0.655. The summed E-state index contributed by atoms with van der Waals surface area (Å²) in [7, 11) is 4.16. The van der Waals surface area contributed by atoms with Gasteiger partial charge in [-0.3, -0.25) is 0 Å². The normalized spacial score (nSPS) is 8.29. The SMILES string of the molecule is CC[S][Al+][S]CC. The molecule has 0 aromatic heterocycles. The maximum absolute atomic E-state index is 2.22. The molecule has 0 bridgehead atoms. The molecule has 3 heteroatoms. The Morgan fingerprint density at radius 1 is 1.14 bits per heavy atom. The first-order valence-electron chi connectivity index (χ1n) is 2.46. The molecule has 0 aliphatic carbocycles.